The Morgan fingerprint density at radius 3 is 2.60 bits per heavy atom. The Morgan fingerprint density at radius 1 is 1.33 bits per heavy atom. The minimum atomic E-state index is 1.02. The third-order valence-corrected chi connectivity index (χ3v) is 3.33. The number of aromatic nitrogens is 1. The molecule has 1 aromatic rings. The molecule has 0 bridgehead atoms. The topological polar surface area (TPSA) is 16.1 Å². The van der Waals surface area contributed by atoms with Crippen LogP contribution in [0.1, 0.15) is 32.4 Å². The summed E-state index contributed by atoms with van der Waals surface area (Å²) in [7, 11) is 0. The zero-order valence-electron chi connectivity index (χ0n) is 9.76. The highest BCUT2D eigenvalue weighted by Gasteiger charge is 2.06. The van der Waals surface area contributed by atoms with Gasteiger partial charge in [0.2, 0.25) is 0 Å². The van der Waals surface area contributed by atoms with Crippen molar-refractivity contribution in [2.24, 2.45) is 0 Å². The summed E-state index contributed by atoms with van der Waals surface area (Å²) in [6, 6.07) is 4.16. The van der Waals surface area contributed by atoms with Gasteiger partial charge in [0.15, 0.2) is 0 Å². The molecule has 0 saturated carbocycles. The zero-order valence-corrected chi connectivity index (χ0v) is 11.3. The van der Waals surface area contributed by atoms with Crippen molar-refractivity contribution in [2.75, 3.05) is 18.0 Å². The van der Waals surface area contributed by atoms with E-state index < -0.39 is 0 Å². The summed E-state index contributed by atoms with van der Waals surface area (Å²) in [5.74, 6) is 1.09. The molecule has 0 aliphatic carbocycles. The summed E-state index contributed by atoms with van der Waals surface area (Å²) in [6.45, 7) is 8.54. The third kappa shape index (κ3) is 3.49. The van der Waals surface area contributed by atoms with Crippen molar-refractivity contribution < 1.29 is 0 Å². The molecule has 1 heterocycles. The predicted octanol–water partition coefficient (Wildman–Crippen LogP) is 3.78. The van der Waals surface area contributed by atoms with Crippen LogP contribution in [0.3, 0.4) is 0 Å². The van der Waals surface area contributed by atoms with E-state index in [0.29, 0.717) is 0 Å². The first kappa shape index (κ1) is 12.5. The number of anilines is 1. The third-order valence-electron chi connectivity index (χ3n) is 2.49. The maximum Gasteiger partial charge on any atom is 0.128 e. The van der Waals surface area contributed by atoms with Crippen molar-refractivity contribution >= 4 is 21.7 Å². The van der Waals surface area contributed by atoms with Crippen molar-refractivity contribution in [3.63, 3.8) is 0 Å². The summed E-state index contributed by atoms with van der Waals surface area (Å²) in [4.78, 5) is 6.90. The van der Waals surface area contributed by atoms with Gasteiger partial charge in [0.1, 0.15) is 5.82 Å². The van der Waals surface area contributed by atoms with Crippen LogP contribution in [0.25, 0.3) is 0 Å². The lowest BCUT2D eigenvalue weighted by Gasteiger charge is -2.22. The van der Waals surface area contributed by atoms with E-state index in [1.165, 1.54) is 12.8 Å². The van der Waals surface area contributed by atoms with Crippen LogP contribution >= 0.6 is 15.9 Å². The fourth-order valence-corrected chi connectivity index (χ4v) is 1.71. The van der Waals surface area contributed by atoms with Crippen molar-refractivity contribution in [3.05, 3.63) is 22.3 Å². The Morgan fingerprint density at radius 2 is 2.07 bits per heavy atom. The lowest BCUT2D eigenvalue weighted by molar-refractivity contribution is 0.723. The smallest absolute Gasteiger partial charge is 0.128 e. The molecule has 0 aliphatic rings. The monoisotopic (exact) mass is 270 g/mol. The van der Waals surface area contributed by atoms with Crippen LogP contribution < -0.4 is 4.90 Å². The number of hydrogen-bond donors (Lipinski definition) is 0. The fourth-order valence-electron chi connectivity index (χ4n) is 1.49. The number of nitrogens with zero attached hydrogens (tertiary/aromatic N) is 2. The van der Waals surface area contributed by atoms with Gasteiger partial charge in [-0.3, -0.25) is 0 Å². The van der Waals surface area contributed by atoms with Crippen molar-refractivity contribution in [3.8, 4) is 0 Å². The average molecular weight is 271 g/mol. The molecule has 0 atom stereocenters. The second-order valence-corrected chi connectivity index (χ2v) is 4.52. The minimum absolute atomic E-state index is 1.02. The lowest BCUT2D eigenvalue weighted by atomic mass is 10.3. The van der Waals surface area contributed by atoms with Crippen LogP contribution in [-0.2, 0) is 0 Å². The van der Waals surface area contributed by atoms with Crippen LogP contribution in [-0.4, -0.2) is 18.1 Å². The molecule has 0 aromatic carbocycles. The second-order valence-electron chi connectivity index (χ2n) is 3.67. The Balaban J connectivity index is 2.78. The van der Waals surface area contributed by atoms with Gasteiger partial charge in [-0.05, 0) is 48.3 Å². The summed E-state index contributed by atoms with van der Waals surface area (Å²) in [6.07, 6.45) is 2.46. The molecule has 0 spiro atoms. The van der Waals surface area contributed by atoms with E-state index in [1.807, 2.05) is 6.92 Å². The van der Waals surface area contributed by atoms with Gasteiger partial charge in [-0.25, -0.2) is 4.98 Å². The molecule has 0 aliphatic heterocycles. The molecule has 0 fully saturated rings. The lowest BCUT2D eigenvalue weighted by Crippen LogP contribution is -2.24. The van der Waals surface area contributed by atoms with E-state index in [4.69, 9.17) is 0 Å². The Hall–Kier alpha value is -0.570. The highest BCUT2D eigenvalue weighted by molar-refractivity contribution is 9.10. The zero-order chi connectivity index (χ0) is 11.3. The van der Waals surface area contributed by atoms with Crippen LogP contribution in [0.15, 0.2) is 16.6 Å². The number of pyridine rings is 1. The molecule has 0 N–H and O–H groups in total. The number of hydrogen-bond acceptors (Lipinski definition) is 2. The standard InChI is InChI=1S/C12H19BrN2/c1-4-6-9-15(5-2)12-8-7-11(13)10(3)14-12/h7-8H,4-6,9H2,1-3H3. The molecule has 84 valence electrons. The molecule has 15 heavy (non-hydrogen) atoms. The predicted molar refractivity (Wildman–Crippen MR) is 69.5 cm³/mol. The van der Waals surface area contributed by atoms with Gasteiger partial charge in [0.05, 0.1) is 5.69 Å². The quantitative estimate of drug-likeness (QED) is 0.810. The van der Waals surface area contributed by atoms with Gasteiger partial charge in [-0.15, -0.1) is 0 Å². The van der Waals surface area contributed by atoms with E-state index in [9.17, 15) is 0 Å². The molecule has 0 saturated heterocycles. The van der Waals surface area contributed by atoms with E-state index in [-0.39, 0.29) is 0 Å². The van der Waals surface area contributed by atoms with Crippen molar-refractivity contribution in [1.82, 2.24) is 4.98 Å². The van der Waals surface area contributed by atoms with E-state index in [1.54, 1.807) is 0 Å². The molecule has 0 unspecified atom stereocenters. The molecule has 0 radical (unpaired) electrons. The normalized spacial score (nSPS) is 10.4. The Bertz CT molecular complexity index is 312. The highest BCUT2D eigenvalue weighted by atomic mass is 79.9. The van der Waals surface area contributed by atoms with Crippen LogP contribution in [0, 0.1) is 6.92 Å². The molecule has 1 aromatic heterocycles. The maximum absolute atomic E-state index is 4.58. The highest BCUT2D eigenvalue weighted by Crippen LogP contribution is 2.19. The average Bonchev–Trinajstić information content (AvgIpc) is 2.24. The maximum atomic E-state index is 4.58. The summed E-state index contributed by atoms with van der Waals surface area (Å²) in [5.41, 5.74) is 1.06. The van der Waals surface area contributed by atoms with Gasteiger partial charge >= 0.3 is 0 Å². The molecular weight excluding hydrogens is 252 g/mol. The first-order chi connectivity index (χ1) is 7.19. The number of rotatable bonds is 5. The number of unbranched alkanes of at least 4 members (excludes halogenated alkanes) is 1. The molecular formula is C12H19BrN2. The molecule has 3 heteroatoms. The van der Waals surface area contributed by atoms with Gasteiger partial charge in [-0.1, -0.05) is 13.3 Å². The first-order valence-corrected chi connectivity index (χ1v) is 6.36. The molecule has 1 rings (SSSR count). The summed E-state index contributed by atoms with van der Waals surface area (Å²) in [5, 5.41) is 0. The van der Waals surface area contributed by atoms with E-state index in [0.717, 1.165) is 29.1 Å². The fraction of sp³-hybridized carbons (Fsp3) is 0.583. The largest absolute Gasteiger partial charge is 0.357 e. The first-order valence-electron chi connectivity index (χ1n) is 5.57. The van der Waals surface area contributed by atoms with Crippen LogP contribution in [0.5, 0.6) is 0 Å². The Kier molecular flexibility index (Phi) is 5.09. The molecule has 2 nitrogen and oxygen atoms in total. The SMILES string of the molecule is CCCCN(CC)c1ccc(Br)c(C)n1. The van der Waals surface area contributed by atoms with E-state index >= 15 is 0 Å². The summed E-state index contributed by atoms with van der Waals surface area (Å²) < 4.78 is 1.08. The van der Waals surface area contributed by atoms with Gasteiger partial charge < -0.3 is 4.90 Å². The van der Waals surface area contributed by atoms with Crippen molar-refractivity contribution in [2.45, 2.75) is 33.6 Å². The van der Waals surface area contributed by atoms with Crippen LogP contribution in [0.2, 0.25) is 0 Å². The van der Waals surface area contributed by atoms with E-state index in [2.05, 4.69) is 51.8 Å². The van der Waals surface area contributed by atoms with Gasteiger partial charge in [0.25, 0.3) is 0 Å². The van der Waals surface area contributed by atoms with Gasteiger partial charge in [-0.2, -0.15) is 0 Å². The second kappa shape index (κ2) is 6.11. The number of halogens is 1. The van der Waals surface area contributed by atoms with Crippen molar-refractivity contribution in [1.29, 1.82) is 0 Å². The molecule has 0 amide bonds. The summed E-state index contributed by atoms with van der Waals surface area (Å²) >= 11 is 3.47. The van der Waals surface area contributed by atoms with Crippen LogP contribution in [0.4, 0.5) is 5.82 Å². The number of aryl methyl sites for hydroxylation is 1. The minimum Gasteiger partial charge on any atom is -0.357 e. The Labute approximate surface area is 101 Å². The van der Waals surface area contributed by atoms with Gasteiger partial charge in [0, 0.05) is 17.6 Å².